The molecule has 0 amide bonds. The number of hydrogen-bond donors (Lipinski definition) is 0. The van der Waals surface area contributed by atoms with Gasteiger partial charge in [-0.3, -0.25) is 0 Å². The lowest BCUT2D eigenvalue weighted by Gasteiger charge is -2.08. The van der Waals surface area contributed by atoms with Crippen LogP contribution in [0.4, 0.5) is 0 Å². The second kappa shape index (κ2) is 5.90. The largest absolute Gasteiger partial charge is 0.487 e. The van der Waals surface area contributed by atoms with Gasteiger partial charge in [-0.05, 0) is 17.7 Å². The van der Waals surface area contributed by atoms with Gasteiger partial charge in [0.15, 0.2) is 0 Å². The molecule has 0 saturated heterocycles. The number of hydrogen-bond acceptors (Lipinski definition) is 2. The van der Waals surface area contributed by atoms with Gasteiger partial charge in [0, 0.05) is 17.9 Å². The molecule has 3 aromatic rings. The van der Waals surface area contributed by atoms with E-state index in [0.29, 0.717) is 6.61 Å². The monoisotopic (exact) mass is 344 g/mol. The molecule has 3 nitrogen and oxygen atoms in total. The molecular formula is C17H17BrN2O. The Bertz CT molecular complexity index is 765. The molecule has 21 heavy (non-hydrogen) atoms. The van der Waals surface area contributed by atoms with Crippen molar-refractivity contribution in [3.05, 3.63) is 58.3 Å². The van der Waals surface area contributed by atoms with E-state index in [-0.39, 0.29) is 0 Å². The molecule has 0 spiro atoms. The van der Waals surface area contributed by atoms with Crippen molar-refractivity contribution in [2.45, 2.75) is 20.0 Å². The molecule has 4 heteroatoms. The Morgan fingerprint density at radius 1 is 1.19 bits per heavy atom. The van der Waals surface area contributed by atoms with Crippen molar-refractivity contribution in [1.29, 1.82) is 0 Å². The average molecular weight is 345 g/mol. The molecule has 0 aliphatic heterocycles. The van der Waals surface area contributed by atoms with E-state index < -0.39 is 0 Å². The van der Waals surface area contributed by atoms with Gasteiger partial charge in [-0.1, -0.05) is 53.2 Å². The minimum Gasteiger partial charge on any atom is -0.487 e. The Hall–Kier alpha value is -1.81. The molecule has 0 unspecified atom stereocenters. The van der Waals surface area contributed by atoms with Crippen LogP contribution in [0.5, 0.6) is 5.75 Å². The molecule has 1 heterocycles. The fourth-order valence-electron chi connectivity index (χ4n) is 2.43. The maximum absolute atomic E-state index is 5.99. The standard InChI is InChI=1S/C17H17BrN2O/c1-3-16-19-17-14(20(16)2)9-13(18)10-15(17)21-11-12-7-5-4-6-8-12/h4-10H,3,11H2,1-2H3. The topological polar surface area (TPSA) is 27.1 Å². The van der Waals surface area contributed by atoms with Crippen molar-refractivity contribution in [2.24, 2.45) is 7.05 Å². The van der Waals surface area contributed by atoms with Crippen LogP contribution in [-0.4, -0.2) is 9.55 Å². The Labute approximate surface area is 132 Å². The molecule has 0 aliphatic rings. The fourth-order valence-corrected chi connectivity index (χ4v) is 2.86. The van der Waals surface area contributed by atoms with E-state index in [1.165, 1.54) is 0 Å². The number of nitrogens with zero attached hydrogens (tertiary/aromatic N) is 2. The van der Waals surface area contributed by atoms with Crippen LogP contribution in [0, 0.1) is 0 Å². The molecule has 0 bridgehead atoms. The number of rotatable bonds is 4. The summed E-state index contributed by atoms with van der Waals surface area (Å²) >= 11 is 3.55. The van der Waals surface area contributed by atoms with Crippen LogP contribution in [0.25, 0.3) is 11.0 Å². The van der Waals surface area contributed by atoms with Crippen LogP contribution in [-0.2, 0) is 20.1 Å². The summed E-state index contributed by atoms with van der Waals surface area (Å²) in [7, 11) is 2.04. The van der Waals surface area contributed by atoms with E-state index >= 15 is 0 Å². The van der Waals surface area contributed by atoms with Gasteiger partial charge in [0.2, 0.25) is 0 Å². The molecule has 0 radical (unpaired) electrons. The molecular weight excluding hydrogens is 328 g/mol. The normalized spacial score (nSPS) is 11.0. The Morgan fingerprint density at radius 3 is 2.67 bits per heavy atom. The van der Waals surface area contributed by atoms with Gasteiger partial charge in [-0.2, -0.15) is 0 Å². The zero-order valence-corrected chi connectivity index (χ0v) is 13.7. The van der Waals surface area contributed by atoms with E-state index in [9.17, 15) is 0 Å². The predicted octanol–water partition coefficient (Wildman–Crippen LogP) is 4.48. The first kappa shape index (κ1) is 14.1. The maximum atomic E-state index is 5.99. The molecule has 0 N–H and O–H groups in total. The highest BCUT2D eigenvalue weighted by Gasteiger charge is 2.12. The summed E-state index contributed by atoms with van der Waals surface area (Å²) < 4.78 is 9.12. The highest BCUT2D eigenvalue weighted by Crippen LogP contribution is 2.30. The third-order valence-corrected chi connectivity index (χ3v) is 4.02. The third-order valence-electron chi connectivity index (χ3n) is 3.56. The molecule has 0 atom stereocenters. The average Bonchev–Trinajstić information content (AvgIpc) is 2.82. The Balaban J connectivity index is 1.98. The lowest BCUT2D eigenvalue weighted by Crippen LogP contribution is -1.96. The number of halogens is 1. The second-order valence-corrected chi connectivity index (χ2v) is 5.90. The minimum absolute atomic E-state index is 0.546. The molecule has 3 rings (SSSR count). The number of fused-ring (bicyclic) bond motifs is 1. The highest BCUT2D eigenvalue weighted by molar-refractivity contribution is 9.10. The maximum Gasteiger partial charge on any atom is 0.148 e. The van der Waals surface area contributed by atoms with Crippen LogP contribution in [0.2, 0.25) is 0 Å². The van der Waals surface area contributed by atoms with Gasteiger partial charge in [0.25, 0.3) is 0 Å². The minimum atomic E-state index is 0.546. The van der Waals surface area contributed by atoms with Crippen molar-refractivity contribution < 1.29 is 4.74 Å². The SMILES string of the molecule is CCc1nc2c(OCc3ccccc3)cc(Br)cc2n1C. The molecule has 0 aliphatic carbocycles. The Kier molecular flexibility index (Phi) is 3.97. The predicted molar refractivity (Wildman–Crippen MR) is 88.6 cm³/mol. The molecule has 108 valence electrons. The second-order valence-electron chi connectivity index (χ2n) is 4.99. The van der Waals surface area contributed by atoms with Crippen molar-refractivity contribution >= 4 is 27.0 Å². The number of imidazole rings is 1. The van der Waals surface area contributed by atoms with Crippen LogP contribution >= 0.6 is 15.9 Å². The fraction of sp³-hybridized carbons (Fsp3) is 0.235. The van der Waals surface area contributed by atoms with E-state index in [0.717, 1.165) is 39.1 Å². The number of ether oxygens (including phenoxy) is 1. The summed E-state index contributed by atoms with van der Waals surface area (Å²) in [4.78, 5) is 4.70. The number of aryl methyl sites for hydroxylation is 2. The Morgan fingerprint density at radius 2 is 1.95 bits per heavy atom. The van der Waals surface area contributed by atoms with Crippen molar-refractivity contribution in [1.82, 2.24) is 9.55 Å². The molecule has 2 aromatic carbocycles. The van der Waals surface area contributed by atoms with E-state index in [1.807, 2.05) is 31.3 Å². The summed E-state index contributed by atoms with van der Waals surface area (Å²) in [6.07, 6.45) is 0.904. The van der Waals surface area contributed by atoms with Gasteiger partial charge in [0.05, 0.1) is 5.52 Å². The molecule has 0 saturated carbocycles. The number of aromatic nitrogens is 2. The van der Waals surface area contributed by atoms with Crippen molar-refractivity contribution in [2.75, 3.05) is 0 Å². The van der Waals surface area contributed by atoms with Gasteiger partial charge in [0.1, 0.15) is 23.7 Å². The molecule has 1 aromatic heterocycles. The van der Waals surface area contributed by atoms with Gasteiger partial charge >= 0.3 is 0 Å². The lowest BCUT2D eigenvalue weighted by molar-refractivity contribution is 0.309. The third kappa shape index (κ3) is 2.81. The number of benzene rings is 2. The molecule has 0 fully saturated rings. The summed E-state index contributed by atoms with van der Waals surface area (Å²) in [6.45, 7) is 2.66. The first-order valence-electron chi connectivity index (χ1n) is 7.00. The zero-order chi connectivity index (χ0) is 14.8. The summed E-state index contributed by atoms with van der Waals surface area (Å²) in [6, 6.07) is 14.2. The van der Waals surface area contributed by atoms with Gasteiger partial charge in [-0.25, -0.2) is 4.98 Å². The van der Waals surface area contributed by atoms with Gasteiger partial charge < -0.3 is 9.30 Å². The lowest BCUT2D eigenvalue weighted by atomic mass is 10.2. The zero-order valence-electron chi connectivity index (χ0n) is 12.1. The first-order valence-corrected chi connectivity index (χ1v) is 7.80. The highest BCUT2D eigenvalue weighted by atomic mass is 79.9. The van der Waals surface area contributed by atoms with E-state index in [1.54, 1.807) is 0 Å². The van der Waals surface area contributed by atoms with Crippen LogP contribution < -0.4 is 4.74 Å². The van der Waals surface area contributed by atoms with Crippen LogP contribution in [0.3, 0.4) is 0 Å². The van der Waals surface area contributed by atoms with E-state index in [4.69, 9.17) is 9.72 Å². The summed E-state index contributed by atoms with van der Waals surface area (Å²) in [5, 5.41) is 0. The summed E-state index contributed by atoms with van der Waals surface area (Å²) in [5.74, 6) is 1.88. The van der Waals surface area contributed by atoms with Crippen molar-refractivity contribution in [3.8, 4) is 5.75 Å². The van der Waals surface area contributed by atoms with E-state index in [2.05, 4.69) is 45.6 Å². The van der Waals surface area contributed by atoms with Crippen molar-refractivity contribution in [3.63, 3.8) is 0 Å². The quantitative estimate of drug-likeness (QED) is 0.697. The van der Waals surface area contributed by atoms with Gasteiger partial charge in [-0.15, -0.1) is 0 Å². The van der Waals surface area contributed by atoms with Crippen LogP contribution in [0.1, 0.15) is 18.3 Å². The summed E-state index contributed by atoms with van der Waals surface area (Å²) in [5.41, 5.74) is 3.16. The smallest absolute Gasteiger partial charge is 0.148 e. The first-order chi connectivity index (χ1) is 10.2. The van der Waals surface area contributed by atoms with Crippen LogP contribution in [0.15, 0.2) is 46.9 Å².